The Hall–Kier alpha value is -1.42. The molecule has 0 aromatic heterocycles. The van der Waals surface area contributed by atoms with Crippen LogP contribution in [-0.4, -0.2) is 15.4 Å². The molecule has 62 valence electrons. The van der Waals surface area contributed by atoms with E-state index in [1.54, 1.807) is 0 Å². The minimum Gasteiger partial charge on any atom is -0.276 e. The Bertz CT molecular complexity index is 287. The van der Waals surface area contributed by atoms with E-state index in [9.17, 15) is 9.70 Å². The summed E-state index contributed by atoms with van der Waals surface area (Å²) in [6, 6.07) is 5.29. The van der Waals surface area contributed by atoms with Crippen LogP contribution in [0.2, 0.25) is 0 Å². The predicted molar refractivity (Wildman–Crippen MR) is 41.7 cm³/mol. The van der Waals surface area contributed by atoms with E-state index in [1.807, 2.05) is 0 Å². The van der Waals surface area contributed by atoms with E-state index in [4.69, 9.17) is 16.8 Å². The van der Waals surface area contributed by atoms with Crippen molar-refractivity contribution in [3.63, 3.8) is 0 Å². The molecule has 0 bridgehead atoms. The van der Waals surface area contributed by atoms with Crippen LogP contribution in [-0.2, 0) is 0 Å². The Kier molecular flexibility index (Phi) is 2.40. The second-order valence-corrected chi connectivity index (χ2v) is 2.44. The molecule has 0 spiro atoms. The number of carbonyl (C=O) groups is 1. The molecule has 0 atom stereocenters. The van der Waals surface area contributed by atoms with Crippen molar-refractivity contribution in [2.45, 2.75) is 0 Å². The lowest BCUT2D eigenvalue weighted by Gasteiger charge is -1.89. The zero-order valence-electron chi connectivity index (χ0n) is 5.90. The number of nitrogens with zero attached hydrogens (tertiary/aromatic N) is 1. The van der Waals surface area contributed by atoms with Crippen LogP contribution >= 0.6 is 11.6 Å². The summed E-state index contributed by atoms with van der Waals surface area (Å²) < 4.78 is 0. The van der Waals surface area contributed by atoms with Gasteiger partial charge in [-0.05, 0) is 23.7 Å². The molecular weight excluding hydrogens is 182 g/mol. The van der Waals surface area contributed by atoms with Gasteiger partial charge in [0.25, 0.3) is 10.2 Å². The fourth-order valence-electron chi connectivity index (χ4n) is 0.720. The summed E-state index contributed by atoms with van der Waals surface area (Å²) in [5, 5.41) is 7.81. The first kappa shape index (κ1) is 8.67. The lowest BCUT2D eigenvalue weighted by atomic mass is 10.2. The van der Waals surface area contributed by atoms with Gasteiger partial charge in [0.15, 0.2) is 0 Å². The van der Waals surface area contributed by atoms with Gasteiger partial charge in [-0.2, -0.15) is 0 Å². The first-order valence-electron chi connectivity index (χ1n) is 3.07. The van der Waals surface area contributed by atoms with Gasteiger partial charge in [-0.15, -0.1) is 0 Å². The molecule has 0 fully saturated rings. The minimum absolute atomic E-state index is 0.0525. The Morgan fingerprint density at radius 3 is 2.17 bits per heavy atom. The van der Waals surface area contributed by atoms with Gasteiger partial charge in [0.05, 0.1) is 4.91 Å². The normalized spacial score (nSPS) is 9.42. The quantitative estimate of drug-likeness (QED) is 0.567. The number of rotatable bonds is 2. The summed E-state index contributed by atoms with van der Waals surface area (Å²) in [6.07, 6.45) is 0. The summed E-state index contributed by atoms with van der Waals surface area (Å²) in [4.78, 5) is 20.5. The molecule has 0 aliphatic rings. The molecule has 5 heteroatoms. The van der Waals surface area contributed by atoms with E-state index < -0.39 is 5.24 Å². The van der Waals surface area contributed by atoms with Gasteiger partial charge in [-0.3, -0.25) is 4.79 Å². The van der Waals surface area contributed by atoms with Crippen molar-refractivity contribution in [2.24, 2.45) is 0 Å². The molecule has 4 nitrogen and oxygen atoms in total. The molecule has 0 saturated carbocycles. The average molecular weight is 187 g/mol. The maximum Gasteiger partial charge on any atom is 0.316 e. The van der Waals surface area contributed by atoms with Gasteiger partial charge in [0, 0.05) is 17.7 Å². The molecule has 1 aromatic carbocycles. The number of hydrogen-bond acceptors (Lipinski definition) is 2. The van der Waals surface area contributed by atoms with E-state index in [0.29, 0.717) is 0 Å². The van der Waals surface area contributed by atoms with Crippen LogP contribution in [0.3, 0.4) is 0 Å². The summed E-state index contributed by atoms with van der Waals surface area (Å²) in [6.45, 7) is 0. The van der Waals surface area contributed by atoms with Crippen LogP contribution in [0, 0.1) is 4.91 Å². The van der Waals surface area contributed by atoms with Crippen LogP contribution in [0.5, 0.6) is 0 Å². The fraction of sp³-hybridized carbons (Fsp3) is 0. The Labute approximate surface area is 72.9 Å². The maximum absolute atomic E-state index is 10.5. The molecule has 12 heavy (non-hydrogen) atoms. The van der Waals surface area contributed by atoms with E-state index in [-0.39, 0.29) is 16.2 Å². The molecule has 1 N–H and O–H groups in total. The zero-order valence-corrected chi connectivity index (χ0v) is 6.65. The molecule has 0 unspecified atom stereocenters. The Morgan fingerprint density at radius 2 is 1.83 bits per heavy atom. The topological polar surface area (TPSA) is 57.4 Å². The van der Waals surface area contributed by atoms with Gasteiger partial charge in [-0.25, -0.2) is 5.21 Å². The molecule has 1 rings (SSSR count). The van der Waals surface area contributed by atoms with E-state index in [2.05, 4.69) is 0 Å². The van der Waals surface area contributed by atoms with Crippen molar-refractivity contribution in [3.05, 3.63) is 34.7 Å². The first-order valence-corrected chi connectivity index (χ1v) is 3.45. The molecule has 0 aliphatic carbocycles. The number of hydrogen-bond donors (Lipinski definition) is 1. The van der Waals surface area contributed by atoms with Crippen molar-refractivity contribution >= 4 is 22.5 Å². The van der Waals surface area contributed by atoms with Gasteiger partial charge in [0.2, 0.25) is 0 Å². The zero-order chi connectivity index (χ0) is 9.14. The van der Waals surface area contributed by atoms with Gasteiger partial charge < -0.3 is 0 Å². The molecule has 0 saturated heterocycles. The van der Waals surface area contributed by atoms with Crippen LogP contribution in [0.15, 0.2) is 24.3 Å². The van der Waals surface area contributed by atoms with Gasteiger partial charge >= 0.3 is 5.69 Å². The third-order valence-corrected chi connectivity index (χ3v) is 1.53. The summed E-state index contributed by atoms with van der Waals surface area (Å²) in [5.41, 5.74) is 0.332. The molecule has 0 heterocycles. The molecular formula is C7H5ClNO3+. The minimum atomic E-state index is -0.600. The molecule has 0 aliphatic heterocycles. The van der Waals surface area contributed by atoms with Crippen molar-refractivity contribution in [1.29, 1.82) is 0 Å². The highest BCUT2D eigenvalue weighted by Gasteiger charge is 2.11. The maximum atomic E-state index is 10.5. The first-order chi connectivity index (χ1) is 5.61. The summed E-state index contributed by atoms with van der Waals surface area (Å²) in [5.74, 6) is 0. The van der Waals surface area contributed by atoms with Crippen molar-refractivity contribution in [3.8, 4) is 0 Å². The van der Waals surface area contributed by atoms with E-state index in [0.717, 1.165) is 0 Å². The molecule has 0 radical (unpaired) electrons. The SMILES string of the molecule is O=C(Cl)c1ccc([N+](=O)O)cc1. The summed E-state index contributed by atoms with van der Waals surface area (Å²) in [7, 11) is 0. The second-order valence-electron chi connectivity index (χ2n) is 2.09. The van der Waals surface area contributed by atoms with Crippen LogP contribution in [0.1, 0.15) is 10.4 Å². The average Bonchev–Trinajstić information content (AvgIpc) is 2.04. The second kappa shape index (κ2) is 3.32. The Morgan fingerprint density at radius 1 is 1.33 bits per heavy atom. The van der Waals surface area contributed by atoms with E-state index in [1.165, 1.54) is 24.3 Å². The lowest BCUT2D eigenvalue weighted by Crippen LogP contribution is -1.93. The monoisotopic (exact) mass is 186 g/mol. The van der Waals surface area contributed by atoms with E-state index >= 15 is 0 Å². The summed E-state index contributed by atoms with van der Waals surface area (Å²) >= 11 is 5.14. The highest BCUT2D eigenvalue weighted by Crippen LogP contribution is 2.12. The van der Waals surface area contributed by atoms with Crippen molar-refractivity contribution in [1.82, 2.24) is 0 Å². The fourth-order valence-corrected chi connectivity index (χ4v) is 0.846. The molecule has 1 aromatic rings. The predicted octanol–water partition coefficient (Wildman–Crippen LogP) is 1.87. The third-order valence-electron chi connectivity index (χ3n) is 1.32. The van der Waals surface area contributed by atoms with Crippen LogP contribution < -0.4 is 0 Å². The number of benzene rings is 1. The van der Waals surface area contributed by atoms with Crippen LogP contribution in [0.4, 0.5) is 5.69 Å². The van der Waals surface area contributed by atoms with Crippen molar-refractivity contribution in [2.75, 3.05) is 0 Å². The number of halogens is 1. The van der Waals surface area contributed by atoms with Crippen molar-refractivity contribution < 1.29 is 14.9 Å². The standard InChI is InChI=1S/C7H5ClNO3/c8-7(10)5-1-3-6(4-2-5)9(11)12/h1-4H,(H,11,12)/q+1. The smallest absolute Gasteiger partial charge is 0.276 e. The highest BCUT2D eigenvalue weighted by molar-refractivity contribution is 6.67. The van der Waals surface area contributed by atoms with Gasteiger partial charge in [-0.1, -0.05) is 0 Å². The highest BCUT2D eigenvalue weighted by atomic mass is 35.5. The Balaban J connectivity index is 3.01. The number of carbonyl (C=O) groups excluding carboxylic acids is 1. The lowest BCUT2D eigenvalue weighted by molar-refractivity contribution is -0.729. The largest absolute Gasteiger partial charge is 0.316 e. The van der Waals surface area contributed by atoms with Gasteiger partial charge in [0.1, 0.15) is 0 Å². The van der Waals surface area contributed by atoms with Crippen LogP contribution in [0.25, 0.3) is 0 Å². The molecule has 0 amide bonds. The third kappa shape index (κ3) is 1.79.